The van der Waals surface area contributed by atoms with Gasteiger partial charge in [0.05, 0.1) is 19.1 Å². The van der Waals surface area contributed by atoms with E-state index in [1.807, 2.05) is 12.1 Å². The molecular formula is C19H24N4O4. The molecule has 144 valence electrons. The molecule has 0 unspecified atom stereocenters. The third-order valence-corrected chi connectivity index (χ3v) is 5.79. The van der Waals surface area contributed by atoms with Crippen LogP contribution < -0.4 is 11.1 Å². The summed E-state index contributed by atoms with van der Waals surface area (Å²) in [6.45, 7) is 3.40. The molecule has 0 aliphatic carbocycles. The maximum absolute atomic E-state index is 12.8. The molecule has 0 saturated carbocycles. The zero-order valence-electron chi connectivity index (χ0n) is 15.1. The standard InChI is InChI=1S/C19H24N4O4/c20-19(26)23-5-3-12(4-6-23)16-14-11-13(1-2-15(14)21-17(16)24)18(25)22-7-9-27-10-8-22/h1-2,11-12,16H,3-10H2,(H2,20,26)(H,21,24)/t16-/m1/s1. The van der Waals surface area contributed by atoms with Crippen molar-refractivity contribution in [2.24, 2.45) is 11.7 Å². The summed E-state index contributed by atoms with van der Waals surface area (Å²) in [7, 11) is 0. The monoisotopic (exact) mass is 372 g/mol. The Morgan fingerprint density at radius 2 is 1.78 bits per heavy atom. The predicted octanol–water partition coefficient (Wildman–Crippen LogP) is 0.985. The normalized spacial score (nSPS) is 23.1. The van der Waals surface area contributed by atoms with Gasteiger partial charge in [-0.15, -0.1) is 0 Å². The number of nitrogens with two attached hydrogens (primary N) is 1. The molecule has 27 heavy (non-hydrogen) atoms. The molecule has 2 fully saturated rings. The lowest BCUT2D eigenvalue weighted by Gasteiger charge is -2.33. The first kappa shape index (κ1) is 17.8. The van der Waals surface area contributed by atoms with Gasteiger partial charge in [0.2, 0.25) is 5.91 Å². The molecule has 3 aliphatic heterocycles. The van der Waals surface area contributed by atoms with Crippen molar-refractivity contribution in [3.63, 3.8) is 0 Å². The van der Waals surface area contributed by atoms with Gasteiger partial charge in [-0.25, -0.2) is 4.79 Å². The molecular weight excluding hydrogens is 348 g/mol. The fourth-order valence-corrected chi connectivity index (χ4v) is 4.29. The molecule has 1 aromatic carbocycles. The van der Waals surface area contributed by atoms with E-state index >= 15 is 0 Å². The van der Waals surface area contributed by atoms with Crippen molar-refractivity contribution in [3.05, 3.63) is 29.3 Å². The van der Waals surface area contributed by atoms with Crippen molar-refractivity contribution in [1.82, 2.24) is 9.80 Å². The van der Waals surface area contributed by atoms with Crippen LogP contribution in [0.25, 0.3) is 0 Å². The van der Waals surface area contributed by atoms with Crippen molar-refractivity contribution in [1.29, 1.82) is 0 Å². The van der Waals surface area contributed by atoms with E-state index in [1.165, 1.54) is 0 Å². The van der Waals surface area contributed by atoms with Crippen LogP contribution in [0.5, 0.6) is 0 Å². The zero-order chi connectivity index (χ0) is 19.0. The highest BCUT2D eigenvalue weighted by atomic mass is 16.5. The van der Waals surface area contributed by atoms with E-state index in [9.17, 15) is 14.4 Å². The van der Waals surface area contributed by atoms with E-state index in [0.717, 1.165) is 24.1 Å². The summed E-state index contributed by atoms with van der Waals surface area (Å²) in [5.74, 6) is -0.204. The van der Waals surface area contributed by atoms with Crippen LogP contribution in [0.15, 0.2) is 18.2 Å². The number of urea groups is 1. The van der Waals surface area contributed by atoms with Gasteiger partial charge in [0, 0.05) is 37.4 Å². The summed E-state index contributed by atoms with van der Waals surface area (Å²) in [6.07, 6.45) is 1.45. The van der Waals surface area contributed by atoms with E-state index in [2.05, 4.69) is 5.32 Å². The van der Waals surface area contributed by atoms with Gasteiger partial charge < -0.3 is 25.6 Å². The van der Waals surface area contributed by atoms with Gasteiger partial charge in [-0.1, -0.05) is 0 Å². The molecule has 0 bridgehead atoms. The van der Waals surface area contributed by atoms with E-state index in [-0.39, 0.29) is 23.7 Å². The number of benzene rings is 1. The van der Waals surface area contributed by atoms with Gasteiger partial charge in [-0.2, -0.15) is 0 Å². The maximum atomic E-state index is 12.8. The van der Waals surface area contributed by atoms with E-state index in [0.29, 0.717) is 45.0 Å². The van der Waals surface area contributed by atoms with Gasteiger partial charge in [-0.05, 0) is 42.5 Å². The topological polar surface area (TPSA) is 105 Å². The smallest absolute Gasteiger partial charge is 0.314 e. The van der Waals surface area contributed by atoms with Crippen LogP contribution in [0.2, 0.25) is 0 Å². The number of morpholine rings is 1. The quantitative estimate of drug-likeness (QED) is 0.807. The molecule has 0 spiro atoms. The number of carbonyl (C=O) groups excluding carboxylic acids is 3. The van der Waals surface area contributed by atoms with E-state index in [4.69, 9.17) is 10.5 Å². The summed E-state index contributed by atoms with van der Waals surface area (Å²) >= 11 is 0. The van der Waals surface area contributed by atoms with Crippen LogP contribution in [0.4, 0.5) is 10.5 Å². The minimum Gasteiger partial charge on any atom is -0.378 e. The van der Waals surface area contributed by atoms with Crippen molar-refractivity contribution in [3.8, 4) is 0 Å². The Morgan fingerprint density at radius 3 is 2.44 bits per heavy atom. The van der Waals surface area contributed by atoms with E-state index < -0.39 is 6.03 Å². The lowest BCUT2D eigenvalue weighted by Crippen LogP contribution is -2.43. The summed E-state index contributed by atoms with van der Waals surface area (Å²) in [6, 6.07) is 5.04. The van der Waals surface area contributed by atoms with Crippen molar-refractivity contribution >= 4 is 23.5 Å². The fraction of sp³-hybridized carbons (Fsp3) is 0.526. The molecule has 3 heterocycles. The largest absolute Gasteiger partial charge is 0.378 e. The van der Waals surface area contributed by atoms with E-state index in [1.54, 1.807) is 15.9 Å². The minimum absolute atomic E-state index is 0.0252. The second kappa shape index (κ2) is 7.19. The molecule has 0 radical (unpaired) electrons. The number of hydrogen-bond donors (Lipinski definition) is 2. The molecule has 4 rings (SSSR count). The van der Waals surface area contributed by atoms with Crippen LogP contribution in [-0.4, -0.2) is 67.0 Å². The lowest BCUT2D eigenvalue weighted by atomic mass is 9.80. The Hall–Kier alpha value is -2.61. The number of likely N-dealkylation sites (tertiary alicyclic amines) is 1. The molecule has 1 atom stereocenters. The van der Waals surface area contributed by atoms with Crippen LogP contribution in [0.1, 0.15) is 34.7 Å². The first-order valence-electron chi connectivity index (χ1n) is 9.41. The van der Waals surface area contributed by atoms with Gasteiger partial charge in [0.25, 0.3) is 5.91 Å². The number of fused-ring (bicyclic) bond motifs is 1. The lowest BCUT2D eigenvalue weighted by molar-refractivity contribution is -0.118. The average molecular weight is 372 g/mol. The Bertz CT molecular complexity index is 767. The van der Waals surface area contributed by atoms with Gasteiger partial charge in [0.1, 0.15) is 0 Å². The maximum Gasteiger partial charge on any atom is 0.314 e. The van der Waals surface area contributed by atoms with Gasteiger partial charge in [-0.3, -0.25) is 9.59 Å². The number of anilines is 1. The first-order chi connectivity index (χ1) is 13.0. The Balaban J connectivity index is 1.54. The molecule has 1 aromatic rings. The van der Waals surface area contributed by atoms with Crippen LogP contribution in [0.3, 0.4) is 0 Å². The van der Waals surface area contributed by atoms with Crippen LogP contribution in [0, 0.1) is 5.92 Å². The molecule has 8 heteroatoms. The van der Waals surface area contributed by atoms with Crippen molar-refractivity contribution < 1.29 is 19.1 Å². The molecule has 3 aliphatic rings. The van der Waals surface area contributed by atoms with Gasteiger partial charge in [0.15, 0.2) is 0 Å². The highest BCUT2D eigenvalue weighted by Gasteiger charge is 2.39. The number of nitrogens with zero attached hydrogens (tertiary/aromatic N) is 2. The summed E-state index contributed by atoms with van der Waals surface area (Å²) < 4.78 is 5.31. The summed E-state index contributed by atoms with van der Waals surface area (Å²) in [5, 5.41) is 2.94. The third kappa shape index (κ3) is 3.37. The summed E-state index contributed by atoms with van der Waals surface area (Å²) in [5.41, 5.74) is 7.62. The highest BCUT2D eigenvalue weighted by molar-refractivity contribution is 6.04. The second-order valence-corrected chi connectivity index (χ2v) is 7.34. The molecule has 2 saturated heterocycles. The average Bonchev–Trinajstić information content (AvgIpc) is 3.03. The highest BCUT2D eigenvalue weighted by Crippen LogP contribution is 2.41. The number of carbonyl (C=O) groups is 3. The number of ether oxygens (including phenoxy) is 1. The number of nitrogens with one attached hydrogen (secondary N) is 1. The summed E-state index contributed by atoms with van der Waals surface area (Å²) in [4.78, 5) is 40.1. The number of primary amides is 1. The Kier molecular flexibility index (Phi) is 4.73. The number of rotatable bonds is 2. The predicted molar refractivity (Wildman–Crippen MR) is 98.4 cm³/mol. The fourth-order valence-electron chi connectivity index (χ4n) is 4.29. The molecule has 0 aromatic heterocycles. The number of hydrogen-bond acceptors (Lipinski definition) is 4. The molecule has 8 nitrogen and oxygen atoms in total. The van der Waals surface area contributed by atoms with Crippen molar-refractivity contribution in [2.75, 3.05) is 44.7 Å². The molecule has 4 amide bonds. The Labute approximate surface area is 157 Å². The molecule has 3 N–H and O–H groups in total. The minimum atomic E-state index is -0.414. The van der Waals surface area contributed by atoms with Crippen molar-refractivity contribution in [2.45, 2.75) is 18.8 Å². The second-order valence-electron chi connectivity index (χ2n) is 7.34. The van der Waals surface area contributed by atoms with Crippen LogP contribution in [-0.2, 0) is 9.53 Å². The third-order valence-electron chi connectivity index (χ3n) is 5.79. The first-order valence-corrected chi connectivity index (χ1v) is 9.41. The van der Waals surface area contributed by atoms with Gasteiger partial charge >= 0.3 is 6.03 Å². The number of amides is 4. The van der Waals surface area contributed by atoms with Crippen LogP contribution >= 0.6 is 0 Å². The SMILES string of the molecule is NC(=O)N1CCC([C@H]2C(=O)Nc3ccc(C(=O)N4CCOCC4)cc32)CC1. The zero-order valence-corrected chi connectivity index (χ0v) is 15.1. The number of piperidine rings is 1. The Morgan fingerprint density at radius 1 is 1.07 bits per heavy atom.